The zero-order valence-electron chi connectivity index (χ0n) is 71.6. The minimum atomic E-state index is -2.61. The van der Waals surface area contributed by atoms with Crippen LogP contribution in [0.2, 0.25) is 0 Å². The molecule has 0 bridgehead atoms. The minimum Gasteiger partial charge on any atom is -0.394 e. The van der Waals surface area contributed by atoms with Crippen LogP contribution in [0.5, 0.6) is 0 Å². The smallest absolute Gasteiger partial charge is 0.217 e. The molecule has 60 nitrogen and oxygen atoms in total. The molecule has 0 aromatic rings. The van der Waals surface area contributed by atoms with Crippen molar-refractivity contribution in [2.75, 3.05) is 72.7 Å². The zero-order chi connectivity index (χ0) is 98.5. The second kappa shape index (κ2) is 48.3. The summed E-state index contributed by atoms with van der Waals surface area (Å²) in [6.07, 6.45) is -108. The highest BCUT2D eigenvalue weighted by Gasteiger charge is 2.63. The number of hydrogen-bond donors (Lipinski definition) is 35. The molecule has 55 atom stereocenters. The van der Waals surface area contributed by atoms with Gasteiger partial charge >= 0.3 is 0 Å². The first kappa shape index (κ1) is 110. The van der Waals surface area contributed by atoms with Crippen LogP contribution in [0.1, 0.15) is 27.7 Å². The third-order valence-corrected chi connectivity index (χ3v) is 24.6. The van der Waals surface area contributed by atoms with E-state index in [1.165, 1.54) is 0 Å². The van der Waals surface area contributed by atoms with Gasteiger partial charge in [0.25, 0.3) is 0 Å². The van der Waals surface area contributed by atoms with E-state index in [0.29, 0.717) is 0 Å². The van der Waals surface area contributed by atoms with Crippen LogP contribution in [0, 0.1) is 0 Å². The van der Waals surface area contributed by atoms with Crippen molar-refractivity contribution < 1.29 is 277 Å². The maximum atomic E-state index is 13.2. The van der Waals surface area contributed by atoms with E-state index in [1.807, 2.05) is 0 Å². The van der Waals surface area contributed by atoms with Gasteiger partial charge in [-0.25, -0.2) is 0 Å². The summed E-state index contributed by atoms with van der Waals surface area (Å²) in [5.74, 6) is -3.93. The highest BCUT2D eigenvalue weighted by atomic mass is 16.8. The number of nitrogens with one attached hydrogen (secondary N) is 4. The summed E-state index contributed by atoms with van der Waals surface area (Å²) in [4.78, 5) is 52.3. The molecule has 35 N–H and O–H groups in total. The molecule has 60 heteroatoms. The SMILES string of the molecule is CC(=O)N[C@H]1[C@H](OC[C@H]2O[C@H](OC[C@H]3O[C@H](O)[C@@H](O)[C@@H](O[C@H]4O[C@H](CO)[C@@H](O[C@@H]5O[C@H](CO)[C@@H](O[C@@H]6O[C@H](CO)[C@H](O)[C@H](O)[C@H]6O)[C@H](O)[C@H]5NC(C)=O)[C@H](O)[C@@H]4O[C@@H]4O[C@H](CO)[C@@H](O[C@@H]5O[C@H](CO)[C@H](O)[C@H](O)[C@H]5O)[C@H](O)[C@H]4NC(C)=O)[C@@H]3O)[C@@H](O[C@@H]3O[C@H](CO)[C@@H](O[C@@H]4O[C@H](CO)[C@H](O)[C@H](O)[C@H]4O)[C@H](O)[C@H]3NC(C)=O)[C@@H](O)[C@@H]2O)O[C@H](CO)[C@@H](O[C@@H]2O[C@H](CO)[C@H](O)[C@H](O)[C@H]2O)[C@@H]1O. The second-order valence-electron chi connectivity index (χ2n) is 33.8. The maximum Gasteiger partial charge on any atom is 0.217 e. The van der Waals surface area contributed by atoms with E-state index in [4.69, 9.17) is 99.5 Å². The molecule has 11 fully saturated rings. The Hall–Kier alpha value is -4.20. The fraction of sp³-hybridized carbons (Fsp3) is 0.946. The van der Waals surface area contributed by atoms with Gasteiger partial charge < -0.3 is 279 Å². The molecule has 134 heavy (non-hydrogen) atoms. The number of amides is 4. The highest BCUT2D eigenvalue weighted by Crippen LogP contribution is 2.42. The van der Waals surface area contributed by atoms with Gasteiger partial charge in [-0.15, -0.1) is 0 Å². The van der Waals surface area contributed by atoms with Crippen LogP contribution >= 0.6 is 0 Å². The van der Waals surface area contributed by atoms with Crippen molar-refractivity contribution in [2.24, 2.45) is 0 Å². The Bertz CT molecular complexity index is 3640. The van der Waals surface area contributed by atoms with Crippen LogP contribution in [0.25, 0.3) is 0 Å². The molecule has 0 radical (unpaired) electrons. The topological polar surface area (TPSA) is 937 Å². The van der Waals surface area contributed by atoms with Crippen LogP contribution < -0.4 is 21.3 Å². The largest absolute Gasteiger partial charge is 0.394 e. The molecule has 0 aromatic carbocycles. The van der Waals surface area contributed by atoms with Crippen LogP contribution in [0.3, 0.4) is 0 Å². The fourth-order valence-electron chi connectivity index (χ4n) is 17.3. The van der Waals surface area contributed by atoms with Crippen LogP contribution in [-0.4, -0.2) is 592 Å². The summed E-state index contributed by atoms with van der Waals surface area (Å²) in [6.45, 7) is -8.67. The lowest BCUT2D eigenvalue weighted by Crippen LogP contribution is -2.71. The lowest BCUT2D eigenvalue weighted by Gasteiger charge is -2.52. The van der Waals surface area contributed by atoms with Gasteiger partial charge in [0.1, 0.15) is 268 Å². The van der Waals surface area contributed by atoms with Crippen LogP contribution in [-0.2, 0) is 119 Å². The molecule has 4 amide bonds. The number of carbonyl (C=O) groups is 4. The molecule has 11 aliphatic heterocycles. The summed E-state index contributed by atoms with van der Waals surface area (Å²) >= 11 is 0. The van der Waals surface area contributed by atoms with E-state index < -0.39 is 434 Å². The number of rotatable bonds is 35. The molecule has 11 aliphatic rings. The van der Waals surface area contributed by atoms with Gasteiger partial charge in [0, 0.05) is 27.7 Å². The Labute approximate surface area is 757 Å². The number of aliphatic hydroxyl groups is 31. The predicted octanol–water partition coefficient (Wildman–Crippen LogP) is -24.4. The molecular formula is C74H124N4O56. The van der Waals surface area contributed by atoms with Gasteiger partial charge in [-0.2, -0.15) is 0 Å². The number of hydrogen-bond acceptors (Lipinski definition) is 56. The summed E-state index contributed by atoms with van der Waals surface area (Å²) in [5, 5.41) is 354. The van der Waals surface area contributed by atoms with Crippen molar-refractivity contribution in [3.8, 4) is 0 Å². The van der Waals surface area contributed by atoms with Gasteiger partial charge in [-0.1, -0.05) is 0 Å². The predicted molar refractivity (Wildman–Crippen MR) is 409 cm³/mol. The molecule has 0 aromatic heterocycles. The highest BCUT2D eigenvalue weighted by molar-refractivity contribution is 5.74. The average Bonchev–Trinajstić information content (AvgIpc) is 0.754. The van der Waals surface area contributed by atoms with Crippen molar-refractivity contribution in [1.29, 1.82) is 0 Å². The molecule has 11 heterocycles. The van der Waals surface area contributed by atoms with Crippen LogP contribution in [0.4, 0.5) is 0 Å². The lowest BCUT2D eigenvalue weighted by atomic mass is 9.93. The Morgan fingerprint density at radius 3 is 0.709 bits per heavy atom. The lowest BCUT2D eigenvalue weighted by molar-refractivity contribution is -0.401. The number of aliphatic hydroxyl groups excluding tert-OH is 31. The summed E-state index contributed by atoms with van der Waals surface area (Å²) < 4.78 is 125. The van der Waals surface area contributed by atoms with Crippen molar-refractivity contribution in [1.82, 2.24) is 21.3 Å². The van der Waals surface area contributed by atoms with Gasteiger partial charge in [0.2, 0.25) is 23.6 Å². The third-order valence-electron chi connectivity index (χ3n) is 24.6. The summed E-state index contributed by atoms with van der Waals surface area (Å²) in [5.41, 5.74) is 0. The Morgan fingerprint density at radius 1 is 0.194 bits per heavy atom. The maximum absolute atomic E-state index is 13.2. The molecule has 0 unspecified atom stereocenters. The Kier molecular flexibility index (Phi) is 39.7. The van der Waals surface area contributed by atoms with E-state index in [0.717, 1.165) is 27.7 Å². The molecule has 11 saturated heterocycles. The van der Waals surface area contributed by atoms with Crippen LogP contribution in [0.15, 0.2) is 0 Å². The normalized spacial score (nSPS) is 49.8. The van der Waals surface area contributed by atoms with E-state index >= 15 is 0 Å². The first-order valence-corrected chi connectivity index (χ1v) is 42.7. The third kappa shape index (κ3) is 24.1. The van der Waals surface area contributed by atoms with Gasteiger partial charge in [0.05, 0.1) is 72.7 Å². The van der Waals surface area contributed by atoms with E-state index in [9.17, 15) is 177 Å². The molecule has 11 rings (SSSR count). The second-order valence-corrected chi connectivity index (χ2v) is 33.8. The van der Waals surface area contributed by atoms with Crippen molar-refractivity contribution in [3.63, 3.8) is 0 Å². The molecular weight excluding hydrogens is 1840 g/mol. The molecule has 776 valence electrons. The van der Waals surface area contributed by atoms with E-state index in [2.05, 4.69) is 21.3 Å². The van der Waals surface area contributed by atoms with Gasteiger partial charge in [-0.05, 0) is 0 Å². The number of ether oxygens (including phenoxy) is 21. The average molecular weight is 1970 g/mol. The van der Waals surface area contributed by atoms with Gasteiger partial charge in [0.15, 0.2) is 69.2 Å². The molecule has 0 aliphatic carbocycles. The van der Waals surface area contributed by atoms with E-state index in [1.54, 1.807) is 0 Å². The van der Waals surface area contributed by atoms with E-state index in [-0.39, 0.29) is 0 Å². The first-order chi connectivity index (χ1) is 63.4. The Morgan fingerprint density at radius 2 is 0.410 bits per heavy atom. The van der Waals surface area contributed by atoms with Crippen molar-refractivity contribution in [2.45, 2.75) is 365 Å². The Balaban J connectivity index is 0.913. The monoisotopic (exact) mass is 1960 g/mol. The van der Waals surface area contributed by atoms with Crippen molar-refractivity contribution in [3.05, 3.63) is 0 Å². The van der Waals surface area contributed by atoms with Crippen molar-refractivity contribution >= 4 is 23.6 Å². The number of carbonyl (C=O) groups excluding carboxylic acids is 4. The molecule has 0 spiro atoms. The standard InChI is InChI=1S/C74H124N4O56/c1-16(88)75-31-41(98)56(128-69-50(107)45(102)35(92)20(5-79)117-69)24(9-83)121-65(31)114-14-29-39(96)49(106)62(133-67-33(77-18(3)90)43(100)58(26(11-85)123-67)130-71-52(109)47(104)37(94)22(7-81)119-71)73(126-29)115-15-30-40(97)61(55(112)64(113)116-30)132-74-63(134-68-34(78-19(4)91)44(101)59(27(12-86)124-68)131-72-53(110)48(105)38(95)23(8-82)120-72)54(111)60(28(13-87)125-74)127-66-32(76-17(2)89)42(99)57(25(10-84)122-66)129-70-51(108)46(103)36(93)21(6-80)118-70/h20-74,79-87,92-113H,5-15H2,1-4H3,(H,75,88)(H,76,89)(H,77,90)(H,78,91)/t20-,21-,22-,23-,24-,25-,26-,27-,28-,29-,30-,31-,32-,33-,34-,35+,36+,37+,38+,39-,40-,41-,42-,43-,44-,45+,46+,47+,48+,49+,50-,51-,52-,53-,54+,55+,56-,57-,58-,59-,60-,61+,62+,63+,64+,65-,66+,67+,68+,69+,70+,71+,72+,73+,74-/m1/s1. The molecule has 0 saturated carbocycles. The fourth-order valence-corrected chi connectivity index (χ4v) is 17.3. The summed E-state index contributed by atoms with van der Waals surface area (Å²) in [6, 6.07) is -7.90. The summed E-state index contributed by atoms with van der Waals surface area (Å²) in [7, 11) is 0. The quantitative estimate of drug-likeness (QED) is 0.0280. The minimum absolute atomic E-state index is 0.886. The zero-order valence-corrected chi connectivity index (χ0v) is 71.6. The first-order valence-electron chi connectivity index (χ1n) is 42.7. The van der Waals surface area contributed by atoms with Gasteiger partial charge in [-0.3, -0.25) is 19.2 Å².